The quantitative estimate of drug-likeness (QED) is 0.261. The number of rotatable bonds is 8. The molecular weight excluding hydrogens is 230 g/mol. The summed E-state index contributed by atoms with van der Waals surface area (Å²) in [4.78, 5) is 11.3. The number of aliphatic hydroxyl groups excluding tert-OH is 5. The molecule has 0 saturated carbocycles. The normalized spacial score (nSPS) is 18.2. The van der Waals surface area contributed by atoms with Gasteiger partial charge in [0.2, 0.25) is 0 Å². The summed E-state index contributed by atoms with van der Waals surface area (Å²) in [6.45, 7) is 1.51. The predicted molar refractivity (Wildman–Crippen MR) is 59.0 cm³/mol. The minimum Gasteiger partial charge on any atom is -0.394 e. The summed E-state index contributed by atoms with van der Waals surface area (Å²) in [6.07, 6.45) is -5.49. The molecule has 0 heterocycles. The number of nitrogens with one attached hydrogen (secondary N) is 1. The lowest BCUT2D eigenvalue weighted by Gasteiger charge is -2.24. The summed E-state index contributed by atoms with van der Waals surface area (Å²) >= 11 is 0. The van der Waals surface area contributed by atoms with Gasteiger partial charge < -0.3 is 30.8 Å². The number of unbranched alkanes of at least 4 members (excludes halogenated alkanes) is 1. The Morgan fingerprint density at radius 2 is 1.76 bits per heavy atom. The van der Waals surface area contributed by atoms with Gasteiger partial charge in [-0.25, -0.2) is 0 Å². The summed E-state index contributed by atoms with van der Waals surface area (Å²) in [5.74, 6) is -0.824. The summed E-state index contributed by atoms with van der Waals surface area (Å²) < 4.78 is 0. The Bertz CT molecular complexity index is 225. The molecule has 6 N–H and O–H groups in total. The van der Waals surface area contributed by atoms with E-state index in [0.717, 1.165) is 12.8 Å². The Morgan fingerprint density at radius 1 is 1.18 bits per heavy atom. The van der Waals surface area contributed by atoms with Crippen molar-refractivity contribution in [2.75, 3.05) is 13.2 Å². The highest BCUT2D eigenvalue weighted by Gasteiger charge is 2.33. The molecule has 0 rings (SSSR count). The molecule has 0 radical (unpaired) electrons. The molecule has 0 aliphatic carbocycles. The average Bonchev–Trinajstić information content (AvgIpc) is 2.35. The molecular formula is C10H21NO6. The number of carbonyl (C=O) groups excluding carboxylic acids is 1. The van der Waals surface area contributed by atoms with Crippen molar-refractivity contribution in [3.05, 3.63) is 0 Å². The van der Waals surface area contributed by atoms with Gasteiger partial charge in [-0.05, 0) is 6.42 Å². The molecule has 0 fully saturated rings. The lowest BCUT2D eigenvalue weighted by Crippen LogP contribution is -2.51. The van der Waals surface area contributed by atoms with E-state index >= 15 is 0 Å². The van der Waals surface area contributed by atoms with E-state index in [-0.39, 0.29) is 0 Å². The van der Waals surface area contributed by atoms with Crippen LogP contribution in [0.3, 0.4) is 0 Å². The SMILES string of the molecule is CCCCNC(=O)[C@@H](O)[C@@H](O)[C@H](O)[C@H](O)CO. The molecule has 0 aromatic carbocycles. The second-order valence-electron chi connectivity index (χ2n) is 3.82. The zero-order chi connectivity index (χ0) is 13.4. The first-order valence-electron chi connectivity index (χ1n) is 5.56. The molecule has 7 nitrogen and oxygen atoms in total. The van der Waals surface area contributed by atoms with E-state index in [4.69, 9.17) is 10.2 Å². The first-order chi connectivity index (χ1) is 7.95. The molecule has 102 valence electrons. The lowest BCUT2D eigenvalue weighted by molar-refractivity contribution is -0.148. The Kier molecular flexibility index (Phi) is 8.01. The Morgan fingerprint density at radius 3 is 2.24 bits per heavy atom. The van der Waals surface area contributed by atoms with Gasteiger partial charge in [0.1, 0.15) is 18.3 Å². The number of amides is 1. The second-order valence-corrected chi connectivity index (χ2v) is 3.82. The van der Waals surface area contributed by atoms with Crippen LogP contribution in [0.2, 0.25) is 0 Å². The van der Waals surface area contributed by atoms with Gasteiger partial charge in [-0.2, -0.15) is 0 Å². The van der Waals surface area contributed by atoms with Gasteiger partial charge >= 0.3 is 0 Å². The van der Waals surface area contributed by atoms with E-state index in [9.17, 15) is 20.1 Å². The molecule has 4 atom stereocenters. The average molecular weight is 251 g/mol. The summed E-state index contributed by atoms with van der Waals surface area (Å²) in [7, 11) is 0. The number of aliphatic hydroxyl groups is 5. The molecule has 0 bridgehead atoms. The van der Waals surface area contributed by atoms with Crippen molar-refractivity contribution in [2.24, 2.45) is 0 Å². The van der Waals surface area contributed by atoms with Crippen LogP contribution in [0.4, 0.5) is 0 Å². The van der Waals surface area contributed by atoms with Gasteiger partial charge in [-0.15, -0.1) is 0 Å². The smallest absolute Gasteiger partial charge is 0.251 e. The van der Waals surface area contributed by atoms with Crippen LogP contribution in [-0.2, 0) is 4.79 Å². The lowest BCUT2D eigenvalue weighted by atomic mass is 10.0. The summed E-state index contributed by atoms with van der Waals surface area (Å²) in [5, 5.41) is 48.0. The second kappa shape index (κ2) is 8.37. The number of hydrogen-bond acceptors (Lipinski definition) is 6. The highest BCUT2D eigenvalue weighted by molar-refractivity contribution is 5.81. The molecule has 17 heavy (non-hydrogen) atoms. The van der Waals surface area contributed by atoms with E-state index < -0.39 is 36.9 Å². The van der Waals surface area contributed by atoms with Crippen LogP contribution < -0.4 is 5.32 Å². The maximum absolute atomic E-state index is 11.3. The molecule has 0 aromatic rings. The topological polar surface area (TPSA) is 130 Å². The number of hydrogen-bond donors (Lipinski definition) is 6. The van der Waals surface area contributed by atoms with Crippen LogP contribution in [0.15, 0.2) is 0 Å². The highest BCUT2D eigenvalue weighted by atomic mass is 16.4. The van der Waals surface area contributed by atoms with E-state index in [0.29, 0.717) is 6.54 Å². The largest absolute Gasteiger partial charge is 0.394 e. The van der Waals surface area contributed by atoms with Crippen LogP contribution in [0.5, 0.6) is 0 Å². The van der Waals surface area contributed by atoms with Crippen LogP contribution in [0.1, 0.15) is 19.8 Å². The zero-order valence-electron chi connectivity index (χ0n) is 9.78. The van der Waals surface area contributed by atoms with E-state index in [1.807, 2.05) is 6.92 Å². The molecule has 0 unspecified atom stereocenters. The van der Waals surface area contributed by atoms with Crippen LogP contribution in [-0.4, -0.2) is 69.0 Å². The molecule has 0 aliphatic heterocycles. The zero-order valence-corrected chi connectivity index (χ0v) is 9.78. The van der Waals surface area contributed by atoms with Gasteiger partial charge in [0.15, 0.2) is 6.10 Å². The minimum atomic E-state index is -1.85. The maximum atomic E-state index is 11.3. The molecule has 7 heteroatoms. The van der Waals surface area contributed by atoms with Crippen LogP contribution >= 0.6 is 0 Å². The van der Waals surface area contributed by atoms with Crippen molar-refractivity contribution in [1.29, 1.82) is 0 Å². The molecule has 1 amide bonds. The number of carbonyl (C=O) groups is 1. The standard InChI is InChI=1S/C10H21NO6/c1-2-3-4-11-10(17)9(16)8(15)7(14)6(13)5-12/h6-9,12-16H,2-5H2,1H3,(H,11,17)/t6-,7-,8+,9+/m1/s1. The first kappa shape index (κ1) is 16.3. The van der Waals surface area contributed by atoms with E-state index in [1.54, 1.807) is 0 Å². The van der Waals surface area contributed by atoms with Crippen molar-refractivity contribution in [1.82, 2.24) is 5.32 Å². The first-order valence-corrected chi connectivity index (χ1v) is 5.56. The molecule has 0 spiro atoms. The van der Waals surface area contributed by atoms with Gasteiger partial charge in [0.05, 0.1) is 6.61 Å². The van der Waals surface area contributed by atoms with Crippen LogP contribution in [0.25, 0.3) is 0 Å². The summed E-state index contributed by atoms with van der Waals surface area (Å²) in [5.41, 5.74) is 0. The van der Waals surface area contributed by atoms with E-state index in [1.165, 1.54) is 0 Å². The highest BCUT2D eigenvalue weighted by Crippen LogP contribution is 2.05. The fourth-order valence-corrected chi connectivity index (χ4v) is 1.17. The van der Waals surface area contributed by atoms with Crippen molar-refractivity contribution in [3.8, 4) is 0 Å². The van der Waals surface area contributed by atoms with Crippen molar-refractivity contribution in [3.63, 3.8) is 0 Å². The molecule has 0 aliphatic rings. The van der Waals surface area contributed by atoms with E-state index in [2.05, 4.69) is 5.32 Å². The van der Waals surface area contributed by atoms with Gasteiger partial charge in [0, 0.05) is 6.54 Å². The maximum Gasteiger partial charge on any atom is 0.251 e. The third-order valence-corrected chi connectivity index (χ3v) is 2.35. The van der Waals surface area contributed by atoms with Gasteiger partial charge in [-0.1, -0.05) is 13.3 Å². The fraction of sp³-hybridized carbons (Fsp3) is 0.900. The predicted octanol–water partition coefficient (Wildman–Crippen LogP) is -2.66. The minimum absolute atomic E-state index is 0.359. The van der Waals surface area contributed by atoms with Crippen molar-refractivity contribution in [2.45, 2.75) is 44.2 Å². The Hall–Kier alpha value is -0.730. The molecule has 0 saturated heterocycles. The Balaban J connectivity index is 4.18. The van der Waals surface area contributed by atoms with Crippen molar-refractivity contribution < 1.29 is 30.3 Å². The molecule has 0 aromatic heterocycles. The monoisotopic (exact) mass is 251 g/mol. The van der Waals surface area contributed by atoms with Crippen LogP contribution in [0, 0.1) is 0 Å². The third-order valence-electron chi connectivity index (χ3n) is 2.35. The Labute approximate surface area is 99.7 Å². The fourth-order valence-electron chi connectivity index (χ4n) is 1.17. The van der Waals surface area contributed by atoms with Crippen molar-refractivity contribution >= 4 is 5.91 Å². The summed E-state index contributed by atoms with van der Waals surface area (Å²) in [6, 6.07) is 0. The van der Waals surface area contributed by atoms with Gasteiger partial charge in [-0.3, -0.25) is 4.79 Å². The third kappa shape index (κ3) is 5.42. The van der Waals surface area contributed by atoms with Gasteiger partial charge in [0.25, 0.3) is 5.91 Å².